The van der Waals surface area contributed by atoms with Gasteiger partial charge in [0.25, 0.3) is 0 Å². The Hall–Kier alpha value is -2.81. The van der Waals surface area contributed by atoms with Crippen molar-refractivity contribution < 1.29 is 17.5 Å². The van der Waals surface area contributed by atoms with Gasteiger partial charge in [-0.05, 0) is 78.9 Å². The standard InChI is InChI=1S/C26H28FN3O3S/c27-21-5-1-4-20(16-21)26(10-3-11-26)25-24-17-22(8-7-19(24)9-13-29-25)33-15-14-30-34(31,32)23-6-2-12-28-18-23/h1-2,4-8,12,16-18,25,29-30H,3,9-11,13-15H2. The van der Waals surface area contributed by atoms with E-state index >= 15 is 0 Å². The minimum absolute atomic E-state index is 0.0828. The van der Waals surface area contributed by atoms with Crippen LogP contribution in [0.4, 0.5) is 4.39 Å². The molecule has 1 aromatic heterocycles. The van der Waals surface area contributed by atoms with Crippen LogP contribution in [0.5, 0.6) is 5.75 Å². The van der Waals surface area contributed by atoms with Crippen LogP contribution in [0.2, 0.25) is 0 Å². The van der Waals surface area contributed by atoms with Crippen molar-refractivity contribution in [1.82, 2.24) is 15.0 Å². The van der Waals surface area contributed by atoms with Gasteiger partial charge in [0.1, 0.15) is 23.1 Å². The zero-order valence-electron chi connectivity index (χ0n) is 18.8. The lowest BCUT2D eigenvalue weighted by Gasteiger charge is -2.50. The molecular weight excluding hydrogens is 453 g/mol. The summed E-state index contributed by atoms with van der Waals surface area (Å²) in [4.78, 5) is 3.98. The summed E-state index contributed by atoms with van der Waals surface area (Å²) >= 11 is 0. The molecule has 1 unspecified atom stereocenters. The first-order chi connectivity index (χ1) is 16.5. The minimum atomic E-state index is -3.62. The van der Waals surface area contributed by atoms with Crippen molar-refractivity contribution in [2.24, 2.45) is 0 Å². The van der Waals surface area contributed by atoms with E-state index in [1.165, 1.54) is 35.7 Å². The first-order valence-corrected chi connectivity index (χ1v) is 13.1. The van der Waals surface area contributed by atoms with Crippen LogP contribution in [0.1, 0.15) is 42.0 Å². The van der Waals surface area contributed by atoms with E-state index in [4.69, 9.17) is 4.74 Å². The van der Waals surface area contributed by atoms with Crippen molar-refractivity contribution in [3.05, 3.63) is 89.5 Å². The van der Waals surface area contributed by atoms with Crippen LogP contribution in [-0.2, 0) is 21.9 Å². The van der Waals surface area contributed by atoms with Gasteiger partial charge in [-0.25, -0.2) is 17.5 Å². The lowest BCUT2D eigenvalue weighted by molar-refractivity contribution is 0.164. The Morgan fingerprint density at radius 2 is 2.03 bits per heavy atom. The predicted octanol–water partition coefficient (Wildman–Crippen LogP) is 3.89. The number of hydrogen-bond acceptors (Lipinski definition) is 5. The second-order valence-electron chi connectivity index (χ2n) is 8.95. The van der Waals surface area contributed by atoms with E-state index < -0.39 is 10.0 Å². The molecule has 2 N–H and O–H groups in total. The van der Waals surface area contributed by atoms with E-state index in [-0.39, 0.29) is 35.3 Å². The van der Waals surface area contributed by atoms with Gasteiger partial charge in [0.15, 0.2) is 0 Å². The average Bonchev–Trinajstić information content (AvgIpc) is 2.82. The van der Waals surface area contributed by atoms with Gasteiger partial charge in [-0.15, -0.1) is 0 Å². The Kier molecular flexibility index (Phi) is 6.38. The smallest absolute Gasteiger partial charge is 0.242 e. The third-order valence-electron chi connectivity index (χ3n) is 6.98. The Bertz CT molecular complexity index is 1260. The van der Waals surface area contributed by atoms with Crippen molar-refractivity contribution in [2.45, 2.75) is 42.0 Å². The summed E-state index contributed by atoms with van der Waals surface area (Å²) in [6, 6.07) is 16.2. The molecule has 178 valence electrons. The number of nitrogens with one attached hydrogen (secondary N) is 2. The van der Waals surface area contributed by atoms with Crippen LogP contribution in [0, 0.1) is 5.82 Å². The molecule has 1 aliphatic carbocycles. The number of aromatic nitrogens is 1. The molecule has 0 saturated heterocycles. The summed E-state index contributed by atoms with van der Waals surface area (Å²) < 4.78 is 47.2. The molecule has 2 heterocycles. The predicted molar refractivity (Wildman–Crippen MR) is 128 cm³/mol. The van der Waals surface area contributed by atoms with Gasteiger partial charge in [-0.3, -0.25) is 4.98 Å². The summed E-state index contributed by atoms with van der Waals surface area (Å²) in [6.07, 6.45) is 6.91. The molecular formula is C26H28FN3O3S. The number of rotatable bonds is 8. The normalized spacial score (nSPS) is 19.1. The number of pyridine rings is 1. The fourth-order valence-electron chi connectivity index (χ4n) is 5.15. The molecule has 0 spiro atoms. The summed E-state index contributed by atoms with van der Waals surface area (Å²) in [5, 5.41) is 3.69. The monoisotopic (exact) mass is 481 g/mol. The van der Waals surface area contributed by atoms with Crippen LogP contribution >= 0.6 is 0 Å². The lowest BCUT2D eigenvalue weighted by Crippen LogP contribution is -2.49. The first kappa shape index (κ1) is 23.0. The third-order valence-corrected chi connectivity index (χ3v) is 8.42. The zero-order valence-corrected chi connectivity index (χ0v) is 19.7. The van der Waals surface area contributed by atoms with E-state index in [1.807, 2.05) is 12.1 Å². The molecule has 0 radical (unpaired) electrons. The molecule has 0 amide bonds. The quantitative estimate of drug-likeness (QED) is 0.477. The van der Waals surface area contributed by atoms with Crippen molar-refractivity contribution in [3.8, 4) is 5.75 Å². The Balaban J connectivity index is 1.30. The maximum atomic E-state index is 14.1. The Labute approximate surface area is 199 Å². The lowest BCUT2D eigenvalue weighted by atomic mass is 9.58. The first-order valence-electron chi connectivity index (χ1n) is 11.6. The molecule has 3 aromatic rings. The topological polar surface area (TPSA) is 80.3 Å². The summed E-state index contributed by atoms with van der Waals surface area (Å²) in [7, 11) is -3.62. The molecule has 8 heteroatoms. The van der Waals surface area contributed by atoms with Gasteiger partial charge in [0.2, 0.25) is 10.0 Å². The number of ether oxygens (including phenoxy) is 1. The van der Waals surface area contributed by atoms with Crippen LogP contribution < -0.4 is 14.8 Å². The average molecular weight is 482 g/mol. The molecule has 0 bridgehead atoms. The van der Waals surface area contributed by atoms with Crippen LogP contribution in [0.3, 0.4) is 0 Å². The molecule has 6 nitrogen and oxygen atoms in total. The summed E-state index contributed by atoms with van der Waals surface area (Å²) in [5.41, 5.74) is 3.37. The second-order valence-corrected chi connectivity index (χ2v) is 10.7. The molecule has 2 aliphatic rings. The third kappa shape index (κ3) is 4.45. The van der Waals surface area contributed by atoms with E-state index in [0.717, 1.165) is 37.8 Å². The van der Waals surface area contributed by atoms with Gasteiger partial charge in [-0.2, -0.15) is 0 Å². The summed E-state index contributed by atoms with van der Waals surface area (Å²) in [5.74, 6) is 0.493. The number of nitrogens with zero attached hydrogens (tertiary/aromatic N) is 1. The zero-order chi connectivity index (χ0) is 23.6. The summed E-state index contributed by atoms with van der Waals surface area (Å²) in [6.45, 7) is 1.22. The highest BCUT2D eigenvalue weighted by atomic mass is 32.2. The van der Waals surface area contributed by atoms with Crippen molar-refractivity contribution in [2.75, 3.05) is 19.7 Å². The number of sulfonamides is 1. The van der Waals surface area contributed by atoms with E-state index in [0.29, 0.717) is 5.75 Å². The van der Waals surface area contributed by atoms with Crippen molar-refractivity contribution in [1.29, 1.82) is 0 Å². The fraction of sp³-hybridized carbons (Fsp3) is 0.346. The molecule has 34 heavy (non-hydrogen) atoms. The van der Waals surface area contributed by atoms with Crippen LogP contribution in [0.15, 0.2) is 71.9 Å². The van der Waals surface area contributed by atoms with E-state index in [1.54, 1.807) is 18.2 Å². The number of halogens is 1. The molecule has 5 rings (SSSR count). The van der Waals surface area contributed by atoms with Crippen molar-refractivity contribution >= 4 is 10.0 Å². The van der Waals surface area contributed by atoms with Gasteiger partial charge in [0, 0.05) is 30.4 Å². The molecule has 1 aliphatic heterocycles. The fourth-order valence-corrected chi connectivity index (χ4v) is 6.12. The highest BCUT2D eigenvalue weighted by Crippen LogP contribution is 2.53. The van der Waals surface area contributed by atoms with Crippen molar-refractivity contribution in [3.63, 3.8) is 0 Å². The molecule has 1 saturated carbocycles. The highest BCUT2D eigenvalue weighted by Gasteiger charge is 2.47. The Morgan fingerprint density at radius 3 is 2.76 bits per heavy atom. The SMILES string of the molecule is O=S(=O)(NCCOc1ccc2c(c1)C(C1(c3cccc(F)c3)CCC1)NCC2)c1cccnc1. The van der Waals surface area contributed by atoms with Crippen LogP contribution in [0.25, 0.3) is 0 Å². The maximum Gasteiger partial charge on any atom is 0.242 e. The number of fused-ring (bicyclic) bond motifs is 1. The van der Waals surface area contributed by atoms with Crippen LogP contribution in [-0.4, -0.2) is 33.1 Å². The second kappa shape index (κ2) is 9.44. The highest BCUT2D eigenvalue weighted by molar-refractivity contribution is 7.89. The van der Waals surface area contributed by atoms with Gasteiger partial charge in [-0.1, -0.05) is 24.6 Å². The molecule has 2 aromatic carbocycles. The van der Waals surface area contributed by atoms with E-state index in [9.17, 15) is 12.8 Å². The maximum absolute atomic E-state index is 14.1. The minimum Gasteiger partial charge on any atom is -0.492 e. The molecule has 1 fully saturated rings. The van der Waals surface area contributed by atoms with Gasteiger partial charge >= 0.3 is 0 Å². The number of benzene rings is 2. The van der Waals surface area contributed by atoms with E-state index in [2.05, 4.69) is 27.2 Å². The largest absolute Gasteiger partial charge is 0.492 e. The van der Waals surface area contributed by atoms with Gasteiger partial charge < -0.3 is 10.1 Å². The molecule has 1 atom stereocenters. The number of hydrogen-bond donors (Lipinski definition) is 2. The van der Waals surface area contributed by atoms with Gasteiger partial charge in [0.05, 0.1) is 0 Å². The Morgan fingerprint density at radius 1 is 1.15 bits per heavy atom.